The van der Waals surface area contributed by atoms with E-state index in [1.165, 1.54) is 25.5 Å². The SMILES string of the molecule is COc1cc(C(=O)N/N=C/c2ccc(-c3ccc(Cl)c(C(=O)O)c3)o2)ccc1I. The largest absolute Gasteiger partial charge is 0.496 e. The number of carboxylic acids is 1. The summed E-state index contributed by atoms with van der Waals surface area (Å²) in [6.45, 7) is 0. The topological polar surface area (TPSA) is 101 Å². The second kappa shape index (κ2) is 9.10. The maximum atomic E-state index is 12.2. The third-order valence-corrected chi connectivity index (χ3v) is 5.10. The lowest BCUT2D eigenvalue weighted by atomic mass is 10.1. The molecule has 0 aliphatic carbocycles. The van der Waals surface area contributed by atoms with Crippen molar-refractivity contribution in [3.8, 4) is 17.1 Å². The molecule has 2 N–H and O–H groups in total. The average Bonchev–Trinajstić information content (AvgIpc) is 3.17. The number of hydrogen-bond donors (Lipinski definition) is 2. The molecule has 0 saturated heterocycles. The van der Waals surface area contributed by atoms with Crippen LogP contribution in [-0.4, -0.2) is 30.3 Å². The molecule has 2 aromatic carbocycles. The first-order chi connectivity index (χ1) is 13.9. The van der Waals surface area contributed by atoms with Crippen molar-refractivity contribution >= 4 is 52.3 Å². The molecule has 29 heavy (non-hydrogen) atoms. The highest BCUT2D eigenvalue weighted by Crippen LogP contribution is 2.26. The number of aromatic carboxylic acids is 1. The minimum absolute atomic E-state index is 0.0176. The Hall–Kier alpha value is -2.85. The monoisotopic (exact) mass is 524 g/mol. The van der Waals surface area contributed by atoms with Gasteiger partial charge in [-0.25, -0.2) is 10.2 Å². The number of methoxy groups -OCH3 is 1. The molecule has 0 spiro atoms. The molecule has 9 heteroatoms. The molecule has 1 aromatic heterocycles. The number of nitrogens with zero attached hydrogens (tertiary/aromatic N) is 1. The van der Waals surface area contributed by atoms with Crippen molar-refractivity contribution in [3.05, 3.63) is 74.0 Å². The summed E-state index contributed by atoms with van der Waals surface area (Å²) in [5, 5.41) is 13.2. The number of carboxylic acid groups (broad SMARTS) is 1. The first-order valence-electron chi connectivity index (χ1n) is 8.19. The van der Waals surface area contributed by atoms with Gasteiger partial charge in [0.2, 0.25) is 0 Å². The summed E-state index contributed by atoms with van der Waals surface area (Å²) >= 11 is 7.99. The molecule has 0 saturated carbocycles. The van der Waals surface area contributed by atoms with E-state index in [0.717, 1.165) is 3.57 Å². The van der Waals surface area contributed by atoms with E-state index in [4.69, 9.17) is 25.9 Å². The summed E-state index contributed by atoms with van der Waals surface area (Å²) in [4.78, 5) is 23.4. The van der Waals surface area contributed by atoms with Crippen LogP contribution < -0.4 is 10.2 Å². The van der Waals surface area contributed by atoms with Gasteiger partial charge in [0, 0.05) is 11.1 Å². The average molecular weight is 525 g/mol. The minimum Gasteiger partial charge on any atom is -0.496 e. The number of hydrogen-bond acceptors (Lipinski definition) is 5. The van der Waals surface area contributed by atoms with Gasteiger partial charge in [0.25, 0.3) is 5.91 Å². The van der Waals surface area contributed by atoms with Crippen LogP contribution in [0, 0.1) is 3.57 Å². The van der Waals surface area contributed by atoms with E-state index in [-0.39, 0.29) is 10.6 Å². The smallest absolute Gasteiger partial charge is 0.337 e. The lowest BCUT2D eigenvalue weighted by molar-refractivity contribution is 0.0697. The summed E-state index contributed by atoms with van der Waals surface area (Å²) in [5.41, 5.74) is 3.36. The number of amides is 1. The molecule has 0 atom stereocenters. The van der Waals surface area contributed by atoms with Gasteiger partial charge in [0.15, 0.2) is 0 Å². The number of carbonyl (C=O) groups is 2. The number of halogens is 2. The van der Waals surface area contributed by atoms with E-state index in [2.05, 4.69) is 33.1 Å². The van der Waals surface area contributed by atoms with Crippen molar-refractivity contribution in [2.75, 3.05) is 7.11 Å². The van der Waals surface area contributed by atoms with E-state index in [1.807, 2.05) is 0 Å². The number of rotatable bonds is 6. The second-order valence-corrected chi connectivity index (χ2v) is 7.32. The van der Waals surface area contributed by atoms with Gasteiger partial charge in [0.05, 0.1) is 27.5 Å². The lowest BCUT2D eigenvalue weighted by Crippen LogP contribution is -2.17. The standard InChI is InChI=1S/C20H14ClIN2O5/c1-28-18-9-12(3-6-16(18)22)19(25)24-23-10-13-4-7-17(29-13)11-2-5-15(21)14(8-11)20(26)27/h2-10H,1H3,(H,24,25)(H,26,27)/b23-10+. The zero-order valence-corrected chi connectivity index (χ0v) is 17.9. The molecular formula is C20H14ClIN2O5. The van der Waals surface area contributed by atoms with Gasteiger partial charge in [-0.1, -0.05) is 11.6 Å². The Bertz CT molecular complexity index is 1110. The summed E-state index contributed by atoms with van der Waals surface area (Å²) in [5.74, 6) is -0.0973. The number of nitrogens with one attached hydrogen (secondary N) is 1. The zero-order valence-electron chi connectivity index (χ0n) is 15.0. The molecule has 3 rings (SSSR count). The molecule has 7 nitrogen and oxygen atoms in total. The van der Waals surface area contributed by atoms with Gasteiger partial charge in [-0.15, -0.1) is 0 Å². The number of furan rings is 1. The highest BCUT2D eigenvalue weighted by atomic mass is 127. The van der Waals surface area contributed by atoms with Crippen LogP contribution in [-0.2, 0) is 0 Å². The van der Waals surface area contributed by atoms with Crippen LogP contribution in [0.2, 0.25) is 5.02 Å². The fraction of sp³-hybridized carbons (Fsp3) is 0.0500. The maximum Gasteiger partial charge on any atom is 0.337 e. The van der Waals surface area contributed by atoms with Crippen molar-refractivity contribution in [1.29, 1.82) is 0 Å². The summed E-state index contributed by atoms with van der Waals surface area (Å²) < 4.78 is 11.7. The zero-order chi connectivity index (χ0) is 21.0. The predicted octanol–water partition coefficient (Wildman–Crippen LogP) is 4.68. The summed E-state index contributed by atoms with van der Waals surface area (Å²) in [6.07, 6.45) is 1.35. The van der Waals surface area contributed by atoms with Gasteiger partial charge in [-0.2, -0.15) is 5.10 Å². The normalized spacial score (nSPS) is 10.9. The Balaban J connectivity index is 1.70. The van der Waals surface area contributed by atoms with Crippen LogP contribution in [0.3, 0.4) is 0 Å². The quantitative estimate of drug-likeness (QED) is 0.277. The molecule has 1 amide bonds. The molecular weight excluding hydrogens is 511 g/mol. The third-order valence-electron chi connectivity index (χ3n) is 3.88. The molecule has 0 fully saturated rings. The second-order valence-electron chi connectivity index (χ2n) is 5.75. The lowest BCUT2D eigenvalue weighted by Gasteiger charge is -2.05. The van der Waals surface area contributed by atoms with Crippen molar-refractivity contribution < 1.29 is 23.8 Å². The van der Waals surface area contributed by atoms with Crippen molar-refractivity contribution in [2.24, 2.45) is 5.10 Å². The molecule has 0 aliphatic rings. The van der Waals surface area contributed by atoms with Crippen LogP contribution in [0.1, 0.15) is 26.5 Å². The van der Waals surface area contributed by atoms with E-state index in [0.29, 0.717) is 28.4 Å². The first-order valence-corrected chi connectivity index (χ1v) is 9.64. The molecule has 3 aromatic rings. The molecule has 148 valence electrons. The van der Waals surface area contributed by atoms with Gasteiger partial charge in [-0.05, 0) is 71.1 Å². The van der Waals surface area contributed by atoms with Crippen molar-refractivity contribution in [3.63, 3.8) is 0 Å². The van der Waals surface area contributed by atoms with E-state index >= 15 is 0 Å². The number of ether oxygens (including phenoxy) is 1. The van der Waals surface area contributed by atoms with Crippen molar-refractivity contribution in [2.45, 2.75) is 0 Å². The van der Waals surface area contributed by atoms with E-state index in [9.17, 15) is 9.59 Å². The Morgan fingerprint density at radius 3 is 2.72 bits per heavy atom. The Kier molecular flexibility index (Phi) is 6.55. The van der Waals surface area contributed by atoms with Gasteiger partial charge < -0.3 is 14.3 Å². The maximum absolute atomic E-state index is 12.2. The predicted molar refractivity (Wildman–Crippen MR) is 117 cm³/mol. The minimum atomic E-state index is -1.12. The van der Waals surface area contributed by atoms with Gasteiger partial charge >= 0.3 is 5.97 Å². The molecule has 0 unspecified atom stereocenters. The van der Waals surface area contributed by atoms with Crippen LogP contribution in [0.25, 0.3) is 11.3 Å². The molecule has 0 aliphatic heterocycles. The third kappa shape index (κ3) is 4.96. The molecule has 0 radical (unpaired) electrons. The molecule has 1 heterocycles. The fourth-order valence-electron chi connectivity index (χ4n) is 2.44. The van der Waals surface area contributed by atoms with Gasteiger partial charge in [0.1, 0.15) is 17.3 Å². The Morgan fingerprint density at radius 2 is 2.00 bits per heavy atom. The first kappa shape index (κ1) is 20.9. The number of hydrazone groups is 1. The number of benzene rings is 2. The highest BCUT2D eigenvalue weighted by Gasteiger charge is 2.12. The van der Waals surface area contributed by atoms with Crippen LogP contribution >= 0.6 is 34.2 Å². The van der Waals surface area contributed by atoms with Crippen molar-refractivity contribution in [1.82, 2.24) is 5.43 Å². The van der Waals surface area contributed by atoms with E-state index in [1.54, 1.807) is 36.4 Å². The van der Waals surface area contributed by atoms with Crippen LogP contribution in [0.4, 0.5) is 0 Å². The summed E-state index contributed by atoms with van der Waals surface area (Å²) in [7, 11) is 1.53. The molecule has 0 bridgehead atoms. The van der Waals surface area contributed by atoms with Gasteiger partial charge in [-0.3, -0.25) is 4.79 Å². The highest BCUT2D eigenvalue weighted by molar-refractivity contribution is 14.1. The summed E-state index contributed by atoms with van der Waals surface area (Å²) in [6, 6.07) is 13.0. The Labute approximate surface area is 184 Å². The van der Waals surface area contributed by atoms with Crippen LogP contribution in [0.5, 0.6) is 5.75 Å². The van der Waals surface area contributed by atoms with E-state index < -0.39 is 11.9 Å². The van der Waals surface area contributed by atoms with Crippen LogP contribution in [0.15, 0.2) is 58.0 Å². The number of carbonyl (C=O) groups excluding carboxylic acids is 1. The Morgan fingerprint density at radius 1 is 1.21 bits per heavy atom. The fourth-order valence-corrected chi connectivity index (χ4v) is 3.19.